The fourth-order valence-corrected chi connectivity index (χ4v) is 1.89. The largest absolute Gasteiger partial charge is 0.359 e. The van der Waals surface area contributed by atoms with E-state index in [1.807, 2.05) is 18.2 Å². The van der Waals surface area contributed by atoms with Crippen molar-refractivity contribution >= 4 is 5.91 Å². The number of aromatic nitrogens is 1. The topological polar surface area (TPSA) is 67.2 Å². The third-order valence-corrected chi connectivity index (χ3v) is 2.73. The minimum atomic E-state index is -0.219. The number of hydrogen-bond donors (Lipinski definition) is 2. The Morgan fingerprint density at radius 3 is 3.17 bits per heavy atom. The zero-order chi connectivity index (χ0) is 13.0. The molecule has 1 aromatic heterocycles. The van der Waals surface area contributed by atoms with Crippen LogP contribution in [0.4, 0.5) is 0 Å². The average molecular weight is 249 g/mol. The van der Waals surface area contributed by atoms with Gasteiger partial charge in [0.1, 0.15) is 6.04 Å². The Hall–Kier alpha value is -1.62. The van der Waals surface area contributed by atoms with Crippen molar-refractivity contribution in [2.45, 2.75) is 32.9 Å². The van der Waals surface area contributed by atoms with Crippen molar-refractivity contribution in [1.29, 1.82) is 0 Å². The van der Waals surface area contributed by atoms with Crippen LogP contribution in [0.3, 0.4) is 0 Å². The Kier molecular flexibility index (Phi) is 4.15. The van der Waals surface area contributed by atoms with Gasteiger partial charge in [0.2, 0.25) is 5.91 Å². The molecule has 1 aliphatic heterocycles. The summed E-state index contributed by atoms with van der Waals surface area (Å²) in [5.41, 5.74) is 0.938. The monoisotopic (exact) mass is 249 g/mol. The first kappa shape index (κ1) is 12.8. The predicted octanol–water partition coefficient (Wildman–Crippen LogP) is 1.02. The standard InChI is InChI=1S/C13H19N3O2/c1-9(2)6-10-7-11(18-16-10)8-15-13(17)12-4-3-5-14-12/h3-4,7,9,12,14H,5-6,8H2,1-2H3,(H,15,17)/t12-/m0/s1. The number of hydrogen-bond acceptors (Lipinski definition) is 4. The van der Waals surface area contributed by atoms with Gasteiger partial charge in [-0.1, -0.05) is 31.2 Å². The van der Waals surface area contributed by atoms with E-state index in [4.69, 9.17) is 4.52 Å². The summed E-state index contributed by atoms with van der Waals surface area (Å²) in [6.45, 7) is 5.40. The SMILES string of the molecule is CC(C)Cc1cc(CNC(=O)[C@@H]2C=CCN2)on1. The van der Waals surface area contributed by atoms with Crippen molar-refractivity contribution in [3.05, 3.63) is 29.7 Å². The molecule has 0 saturated heterocycles. The number of carbonyl (C=O) groups is 1. The fourth-order valence-electron chi connectivity index (χ4n) is 1.89. The Morgan fingerprint density at radius 2 is 2.50 bits per heavy atom. The van der Waals surface area contributed by atoms with E-state index >= 15 is 0 Å². The van der Waals surface area contributed by atoms with Crippen molar-refractivity contribution < 1.29 is 9.32 Å². The number of nitrogens with zero attached hydrogens (tertiary/aromatic N) is 1. The first-order valence-electron chi connectivity index (χ1n) is 6.27. The highest BCUT2D eigenvalue weighted by Gasteiger charge is 2.17. The Labute approximate surface area is 107 Å². The molecule has 0 unspecified atom stereocenters. The molecular formula is C13H19N3O2. The van der Waals surface area contributed by atoms with Crippen LogP contribution >= 0.6 is 0 Å². The predicted molar refractivity (Wildman–Crippen MR) is 67.8 cm³/mol. The molecule has 1 aliphatic rings. The van der Waals surface area contributed by atoms with E-state index in [9.17, 15) is 4.79 Å². The lowest BCUT2D eigenvalue weighted by Gasteiger charge is -2.08. The van der Waals surface area contributed by atoms with Gasteiger partial charge in [-0.3, -0.25) is 10.1 Å². The quantitative estimate of drug-likeness (QED) is 0.764. The first-order chi connectivity index (χ1) is 8.65. The number of nitrogens with one attached hydrogen (secondary N) is 2. The highest BCUT2D eigenvalue weighted by atomic mass is 16.5. The van der Waals surface area contributed by atoms with Crippen molar-refractivity contribution in [3.63, 3.8) is 0 Å². The summed E-state index contributed by atoms with van der Waals surface area (Å²) in [5.74, 6) is 1.21. The van der Waals surface area contributed by atoms with Crippen molar-refractivity contribution in [3.8, 4) is 0 Å². The van der Waals surface area contributed by atoms with Crippen molar-refractivity contribution in [2.75, 3.05) is 6.54 Å². The molecule has 0 spiro atoms. The molecular weight excluding hydrogens is 230 g/mol. The molecule has 5 nitrogen and oxygen atoms in total. The summed E-state index contributed by atoms with van der Waals surface area (Å²) < 4.78 is 5.18. The zero-order valence-electron chi connectivity index (χ0n) is 10.8. The van der Waals surface area contributed by atoms with E-state index in [1.165, 1.54) is 0 Å². The van der Waals surface area contributed by atoms with Gasteiger partial charge in [-0.2, -0.15) is 0 Å². The molecule has 2 rings (SSSR count). The summed E-state index contributed by atoms with van der Waals surface area (Å²) in [6, 6.07) is 1.68. The average Bonchev–Trinajstić information content (AvgIpc) is 2.95. The van der Waals surface area contributed by atoms with E-state index in [0.717, 1.165) is 18.7 Å². The second kappa shape index (κ2) is 5.82. The molecule has 1 aromatic rings. The Morgan fingerprint density at radius 1 is 1.67 bits per heavy atom. The number of amides is 1. The Balaban J connectivity index is 1.80. The highest BCUT2D eigenvalue weighted by molar-refractivity contribution is 5.84. The molecule has 0 aliphatic carbocycles. The molecule has 5 heteroatoms. The van der Waals surface area contributed by atoms with Crippen molar-refractivity contribution in [1.82, 2.24) is 15.8 Å². The minimum Gasteiger partial charge on any atom is -0.359 e. The van der Waals surface area contributed by atoms with Gasteiger partial charge >= 0.3 is 0 Å². The van der Waals surface area contributed by atoms with E-state index in [-0.39, 0.29) is 11.9 Å². The lowest BCUT2D eigenvalue weighted by molar-refractivity contribution is -0.122. The second-order valence-electron chi connectivity index (χ2n) is 4.91. The van der Waals surface area contributed by atoms with Gasteiger partial charge in [0, 0.05) is 12.6 Å². The summed E-state index contributed by atoms with van der Waals surface area (Å²) >= 11 is 0. The molecule has 0 aromatic carbocycles. The molecule has 2 heterocycles. The Bertz CT molecular complexity index is 437. The van der Waals surface area contributed by atoms with Crippen LogP contribution in [0.2, 0.25) is 0 Å². The molecule has 1 atom stereocenters. The van der Waals surface area contributed by atoms with Gasteiger partial charge in [-0.25, -0.2) is 0 Å². The third kappa shape index (κ3) is 3.43. The maximum Gasteiger partial charge on any atom is 0.241 e. The molecule has 1 amide bonds. The third-order valence-electron chi connectivity index (χ3n) is 2.73. The summed E-state index contributed by atoms with van der Waals surface area (Å²) in [7, 11) is 0. The molecule has 0 saturated carbocycles. The van der Waals surface area contributed by atoms with Gasteiger partial charge in [-0.05, 0) is 12.3 Å². The molecule has 0 fully saturated rings. The second-order valence-corrected chi connectivity index (χ2v) is 4.91. The van der Waals surface area contributed by atoms with Gasteiger partial charge in [-0.15, -0.1) is 0 Å². The molecule has 98 valence electrons. The van der Waals surface area contributed by atoms with Gasteiger partial charge in [0.05, 0.1) is 12.2 Å². The van der Waals surface area contributed by atoms with E-state index in [0.29, 0.717) is 18.2 Å². The van der Waals surface area contributed by atoms with E-state index < -0.39 is 0 Å². The lowest BCUT2D eigenvalue weighted by atomic mass is 10.1. The normalized spacial score (nSPS) is 18.5. The van der Waals surface area contributed by atoms with Crippen LogP contribution in [0, 0.1) is 5.92 Å². The van der Waals surface area contributed by atoms with Crippen LogP contribution in [0.25, 0.3) is 0 Å². The molecule has 2 N–H and O–H groups in total. The van der Waals surface area contributed by atoms with Gasteiger partial charge in [0.25, 0.3) is 0 Å². The fraction of sp³-hybridized carbons (Fsp3) is 0.538. The molecule has 18 heavy (non-hydrogen) atoms. The maximum atomic E-state index is 11.7. The van der Waals surface area contributed by atoms with Crippen LogP contribution in [-0.2, 0) is 17.8 Å². The van der Waals surface area contributed by atoms with Crippen LogP contribution in [0.15, 0.2) is 22.7 Å². The van der Waals surface area contributed by atoms with E-state index in [1.54, 1.807) is 0 Å². The number of carbonyl (C=O) groups excluding carboxylic acids is 1. The van der Waals surface area contributed by atoms with Gasteiger partial charge in [0.15, 0.2) is 5.76 Å². The van der Waals surface area contributed by atoms with Crippen LogP contribution in [0.1, 0.15) is 25.3 Å². The van der Waals surface area contributed by atoms with Crippen LogP contribution in [0.5, 0.6) is 0 Å². The molecule has 0 bridgehead atoms. The molecule has 0 radical (unpaired) electrons. The van der Waals surface area contributed by atoms with Crippen LogP contribution < -0.4 is 10.6 Å². The smallest absolute Gasteiger partial charge is 0.241 e. The van der Waals surface area contributed by atoms with Gasteiger partial charge < -0.3 is 9.84 Å². The maximum absolute atomic E-state index is 11.7. The van der Waals surface area contributed by atoms with E-state index in [2.05, 4.69) is 29.6 Å². The highest BCUT2D eigenvalue weighted by Crippen LogP contribution is 2.09. The van der Waals surface area contributed by atoms with Crippen molar-refractivity contribution in [2.24, 2.45) is 5.92 Å². The summed E-state index contributed by atoms with van der Waals surface area (Å²) in [6.07, 6.45) is 4.70. The first-order valence-corrected chi connectivity index (χ1v) is 6.27. The summed E-state index contributed by atoms with van der Waals surface area (Å²) in [4.78, 5) is 11.7. The summed E-state index contributed by atoms with van der Waals surface area (Å²) in [5, 5.41) is 9.85. The number of rotatable bonds is 5. The zero-order valence-corrected chi connectivity index (χ0v) is 10.8. The lowest BCUT2D eigenvalue weighted by Crippen LogP contribution is -2.40. The minimum absolute atomic E-state index is 0.0365. The van der Waals surface area contributed by atoms with Crippen LogP contribution in [-0.4, -0.2) is 23.7 Å².